The maximum atomic E-state index is 13.5. The molecule has 12 atom stereocenters. The Bertz CT molecular complexity index is 2160. The zero-order valence-electron chi connectivity index (χ0n) is 38.2. The number of carbonyl (C=O) groups excluding carboxylic acids is 2. The monoisotopic (exact) mass is 848 g/mol. The Morgan fingerprint density at radius 2 is 1.24 bits per heavy atom. The van der Waals surface area contributed by atoms with Crippen LogP contribution in [0, 0.1) is 64.9 Å². The predicted octanol–water partition coefficient (Wildman–Crippen LogP) is 12.3. The van der Waals surface area contributed by atoms with Gasteiger partial charge in [0.15, 0.2) is 0 Å². The van der Waals surface area contributed by atoms with Gasteiger partial charge in [0.25, 0.3) is 0 Å². The largest absolute Gasteiger partial charge is 0.462 e. The topological polar surface area (TPSA) is 104 Å². The Hall–Kier alpha value is -5.02. The van der Waals surface area contributed by atoms with Gasteiger partial charge in [-0.3, -0.25) is 19.6 Å². The maximum absolute atomic E-state index is 13.5. The molecule has 2 aromatic heterocycles. The number of rotatable bonds is 7. The summed E-state index contributed by atoms with van der Waals surface area (Å²) in [7, 11) is 0. The van der Waals surface area contributed by atoms with Crippen LogP contribution in [-0.2, 0) is 19.1 Å². The number of fused-ring (bicyclic) bond motifs is 2. The fraction of sp³-hybridized carbons (Fsp3) is 0.472. The molecule has 0 amide bonds. The average Bonchev–Trinajstić information content (AvgIpc) is 3.68. The fourth-order valence-electron chi connectivity index (χ4n) is 10.5. The van der Waals surface area contributed by atoms with Crippen LogP contribution in [0.1, 0.15) is 99.9 Å². The van der Waals surface area contributed by atoms with E-state index in [4.69, 9.17) is 15.2 Å². The van der Waals surface area contributed by atoms with Gasteiger partial charge >= 0.3 is 11.9 Å². The van der Waals surface area contributed by atoms with Crippen LogP contribution in [0.3, 0.4) is 0 Å². The number of nitrogens with zero attached hydrogens (tertiary/aromatic N) is 2. The summed E-state index contributed by atoms with van der Waals surface area (Å²) in [6.07, 6.45) is 14.3. The van der Waals surface area contributed by atoms with E-state index < -0.39 is 5.54 Å². The lowest BCUT2D eigenvalue weighted by atomic mass is 9.58. The lowest BCUT2D eigenvalue weighted by Crippen LogP contribution is -2.59. The highest BCUT2D eigenvalue weighted by atomic mass is 19.1. The Labute approximate surface area is 368 Å². The van der Waals surface area contributed by atoms with Gasteiger partial charge in [-0.05, 0) is 122 Å². The van der Waals surface area contributed by atoms with Crippen molar-refractivity contribution in [1.82, 2.24) is 9.97 Å². The smallest absolute Gasteiger partial charge is 0.326 e. The number of ether oxygens (including phenoxy) is 2. The van der Waals surface area contributed by atoms with Crippen LogP contribution >= 0.6 is 0 Å². The third-order valence-electron chi connectivity index (χ3n) is 13.6. The zero-order chi connectivity index (χ0) is 45.3. The Kier molecular flexibility index (Phi) is 16.6. The van der Waals surface area contributed by atoms with Gasteiger partial charge < -0.3 is 15.2 Å². The minimum absolute atomic E-state index is 0.0131. The van der Waals surface area contributed by atoms with E-state index in [1.54, 1.807) is 24.5 Å². The van der Waals surface area contributed by atoms with E-state index in [0.29, 0.717) is 36.0 Å². The number of allylic oxidation sites excluding steroid dienone is 2. The molecule has 9 heteroatoms. The summed E-state index contributed by atoms with van der Waals surface area (Å²) in [5, 5.41) is 0. The molecule has 0 spiro atoms. The van der Waals surface area contributed by atoms with Gasteiger partial charge in [0.2, 0.25) is 0 Å². The number of cyclic esters (lactones) is 2. The number of hydrogen-bond donors (Lipinski definition) is 1. The molecule has 0 bridgehead atoms. The third-order valence-corrected chi connectivity index (χ3v) is 13.6. The molecule has 2 aliphatic heterocycles. The van der Waals surface area contributed by atoms with E-state index in [-0.39, 0.29) is 59.5 Å². The molecule has 4 aromatic rings. The van der Waals surface area contributed by atoms with Crippen molar-refractivity contribution < 1.29 is 27.8 Å². The number of benzene rings is 2. The standard InChI is InChI=1S/C25H29FN2O2.C24H26FNO2.2C2H6/c1-4-21-15(2)13-25(27)23(16(3)30-24(25)29)22(21)11-10-20-9-8-18(14-28-20)17-6-5-7-19(26)12-17;1-14-11-22-23(16(3)28-24(22)27)21(15(14)2)10-9-20-8-7-18(13-26-20)17-5-4-6-19(25)12-17;2*1-2/h5-12,14-16,21-23H,4,13,27H2,1-3H3;4-10,12-16,21-23H,11H2,1-3H3;2*1-2H3/b11-10+;10-9+;;/t15-,16+,21+,22-,23-,25-;14-,15+,16+,21-,22+,23-;;/m00../s1. The van der Waals surface area contributed by atoms with Gasteiger partial charge in [-0.25, -0.2) is 8.78 Å². The van der Waals surface area contributed by atoms with Crippen molar-refractivity contribution >= 4 is 24.1 Å². The molecule has 8 rings (SSSR count). The van der Waals surface area contributed by atoms with Gasteiger partial charge in [-0.1, -0.05) is 110 Å². The molecule has 4 heterocycles. The lowest BCUT2D eigenvalue weighted by Gasteiger charge is -2.46. The first-order valence-corrected chi connectivity index (χ1v) is 22.8. The van der Waals surface area contributed by atoms with Crippen molar-refractivity contribution in [3.63, 3.8) is 0 Å². The normalized spacial score (nSPS) is 31.0. The van der Waals surface area contributed by atoms with Crippen LogP contribution in [0.15, 0.2) is 97.3 Å². The predicted molar refractivity (Wildman–Crippen MR) is 246 cm³/mol. The van der Waals surface area contributed by atoms with E-state index in [1.807, 2.05) is 90.1 Å². The first kappa shape index (κ1) is 48.0. The minimum Gasteiger partial charge on any atom is -0.462 e. The second kappa shape index (κ2) is 21.4. The number of carbonyl (C=O) groups is 2. The number of pyridine rings is 2. The summed E-state index contributed by atoms with van der Waals surface area (Å²) in [4.78, 5) is 33.8. The van der Waals surface area contributed by atoms with Crippen molar-refractivity contribution in [2.24, 2.45) is 59.0 Å². The van der Waals surface area contributed by atoms with E-state index in [0.717, 1.165) is 46.5 Å². The molecule has 2 saturated carbocycles. The summed E-state index contributed by atoms with van der Waals surface area (Å²) < 4.78 is 38.0. The van der Waals surface area contributed by atoms with E-state index >= 15 is 0 Å². The zero-order valence-corrected chi connectivity index (χ0v) is 38.2. The van der Waals surface area contributed by atoms with Gasteiger partial charge in [0.05, 0.1) is 17.3 Å². The number of halogens is 2. The lowest BCUT2D eigenvalue weighted by molar-refractivity contribution is -0.146. The third kappa shape index (κ3) is 10.4. The SMILES string of the molecule is CC.CC.CC[C@H]1[C@H](/C=C/c2ccc(-c3cccc(F)c3)cn2)[C@@H]2[C@@H](C)OC(=O)[C@]2(N)C[C@@H]1C.C[C@H]1[C@H](/C=C/c2ccc(-c3cccc(F)c3)cn2)[C@@H]2[C@@H](C)OC(=O)[C@@H]2C[C@@H]1C. The number of aromatic nitrogens is 2. The van der Waals surface area contributed by atoms with Crippen molar-refractivity contribution in [2.75, 3.05) is 0 Å². The highest BCUT2D eigenvalue weighted by molar-refractivity contribution is 5.84. The molecule has 7 nitrogen and oxygen atoms in total. The van der Waals surface area contributed by atoms with Gasteiger partial charge in [0.1, 0.15) is 29.4 Å². The van der Waals surface area contributed by atoms with Crippen LogP contribution in [0.2, 0.25) is 0 Å². The summed E-state index contributed by atoms with van der Waals surface area (Å²) in [6.45, 7) is 20.8. The maximum Gasteiger partial charge on any atom is 0.326 e. The van der Waals surface area contributed by atoms with Gasteiger partial charge in [-0.2, -0.15) is 0 Å². The summed E-state index contributed by atoms with van der Waals surface area (Å²) in [5.74, 6) is 1.59. The van der Waals surface area contributed by atoms with Crippen LogP contribution in [0.25, 0.3) is 34.4 Å². The summed E-state index contributed by atoms with van der Waals surface area (Å²) in [5.41, 5.74) is 10.8. The van der Waals surface area contributed by atoms with E-state index in [9.17, 15) is 18.4 Å². The average molecular weight is 848 g/mol. The minimum atomic E-state index is -0.909. The molecule has 2 aromatic carbocycles. The van der Waals surface area contributed by atoms with Crippen LogP contribution in [0.5, 0.6) is 0 Å². The first-order valence-electron chi connectivity index (χ1n) is 22.8. The molecule has 4 aliphatic rings. The van der Waals surface area contributed by atoms with E-state index in [2.05, 4.69) is 49.8 Å². The quantitative estimate of drug-likeness (QED) is 0.185. The number of nitrogens with two attached hydrogens (primary N) is 1. The molecular weight excluding hydrogens is 781 g/mol. The molecular formula is C53H67F2N3O4. The van der Waals surface area contributed by atoms with Crippen molar-refractivity contribution in [3.8, 4) is 22.3 Å². The second-order valence-corrected chi connectivity index (χ2v) is 17.2. The van der Waals surface area contributed by atoms with E-state index in [1.165, 1.54) is 24.3 Å². The molecule has 4 fully saturated rings. The molecule has 62 heavy (non-hydrogen) atoms. The van der Waals surface area contributed by atoms with Crippen LogP contribution < -0.4 is 5.73 Å². The van der Waals surface area contributed by atoms with Gasteiger partial charge in [0, 0.05) is 35.4 Å². The molecule has 2 aliphatic carbocycles. The first-order chi connectivity index (χ1) is 29.8. The fourth-order valence-corrected chi connectivity index (χ4v) is 10.5. The Morgan fingerprint density at radius 1 is 0.710 bits per heavy atom. The Morgan fingerprint density at radius 3 is 1.73 bits per heavy atom. The second-order valence-electron chi connectivity index (χ2n) is 17.2. The van der Waals surface area contributed by atoms with Crippen molar-refractivity contribution in [2.45, 2.75) is 106 Å². The van der Waals surface area contributed by atoms with Crippen LogP contribution in [0.4, 0.5) is 8.78 Å². The number of esters is 2. The highest BCUT2D eigenvalue weighted by Gasteiger charge is 2.60. The molecule has 0 unspecified atom stereocenters. The van der Waals surface area contributed by atoms with Crippen molar-refractivity contribution in [3.05, 3.63) is 120 Å². The molecule has 2 N–H and O–H groups in total. The van der Waals surface area contributed by atoms with Gasteiger partial charge in [-0.15, -0.1) is 0 Å². The number of hydrogen-bond acceptors (Lipinski definition) is 7. The molecule has 2 saturated heterocycles. The summed E-state index contributed by atoms with van der Waals surface area (Å²) >= 11 is 0. The van der Waals surface area contributed by atoms with Crippen molar-refractivity contribution in [1.29, 1.82) is 0 Å². The molecule has 0 radical (unpaired) electrons. The highest BCUT2D eigenvalue weighted by Crippen LogP contribution is 2.52. The Balaban J connectivity index is 0.000000217. The van der Waals surface area contributed by atoms with Crippen LogP contribution in [-0.4, -0.2) is 39.7 Å². The molecule has 332 valence electrons. The summed E-state index contributed by atoms with van der Waals surface area (Å²) in [6, 6.07) is 20.8.